The number of aliphatic carboxylic acids is 1. The van der Waals surface area contributed by atoms with Crippen LogP contribution < -0.4 is 0 Å². The molecule has 5 heteroatoms. The van der Waals surface area contributed by atoms with E-state index in [-0.39, 0.29) is 11.9 Å². The molecule has 2 aliphatic rings. The maximum absolute atomic E-state index is 12.0. The Bertz CT molecular complexity index is 300. The van der Waals surface area contributed by atoms with Crippen molar-refractivity contribution in [3.05, 3.63) is 0 Å². The smallest absolute Gasteiger partial charge is 0.320 e. The number of urea groups is 1. The second-order valence-corrected chi connectivity index (χ2v) is 4.80. The molecular formula is C11H18N2O3. The fourth-order valence-corrected chi connectivity index (χ4v) is 2.55. The molecule has 0 saturated carbocycles. The van der Waals surface area contributed by atoms with Crippen molar-refractivity contribution in [1.82, 2.24) is 9.80 Å². The third kappa shape index (κ3) is 1.99. The maximum Gasteiger partial charge on any atom is 0.320 e. The van der Waals surface area contributed by atoms with Crippen molar-refractivity contribution in [3.8, 4) is 0 Å². The van der Waals surface area contributed by atoms with Gasteiger partial charge in [-0.05, 0) is 18.8 Å². The van der Waals surface area contributed by atoms with Crippen LogP contribution in [0.25, 0.3) is 0 Å². The Morgan fingerprint density at radius 2 is 1.75 bits per heavy atom. The zero-order valence-corrected chi connectivity index (χ0v) is 9.56. The van der Waals surface area contributed by atoms with Crippen LogP contribution in [0.3, 0.4) is 0 Å². The molecule has 2 unspecified atom stereocenters. The number of carbonyl (C=O) groups is 2. The van der Waals surface area contributed by atoms with Gasteiger partial charge in [-0.2, -0.15) is 0 Å². The minimum absolute atomic E-state index is 0.0214. The van der Waals surface area contributed by atoms with Gasteiger partial charge in [-0.15, -0.1) is 0 Å². The van der Waals surface area contributed by atoms with E-state index in [1.807, 2.05) is 11.8 Å². The topological polar surface area (TPSA) is 60.9 Å². The lowest BCUT2D eigenvalue weighted by atomic mass is 9.99. The van der Waals surface area contributed by atoms with Crippen LogP contribution in [0.5, 0.6) is 0 Å². The van der Waals surface area contributed by atoms with Crippen molar-refractivity contribution < 1.29 is 14.7 Å². The highest BCUT2D eigenvalue weighted by atomic mass is 16.4. The average molecular weight is 226 g/mol. The lowest BCUT2D eigenvalue weighted by Gasteiger charge is -2.23. The highest BCUT2D eigenvalue weighted by molar-refractivity contribution is 5.78. The van der Waals surface area contributed by atoms with Crippen LogP contribution >= 0.6 is 0 Å². The normalized spacial score (nSPS) is 29.8. The minimum atomic E-state index is -0.788. The van der Waals surface area contributed by atoms with Gasteiger partial charge >= 0.3 is 12.0 Å². The van der Waals surface area contributed by atoms with E-state index in [0.717, 1.165) is 25.9 Å². The standard InChI is InChI=1S/C11H18N2O3/c1-8-6-13(7-9(8)10(14)15)11(16)12-4-2-3-5-12/h8-9H,2-7H2,1H3,(H,14,15). The summed E-state index contributed by atoms with van der Waals surface area (Å²) in [6.07, 6.45) is 2.13. The Morgan fingerprint density at radius 3 is 2.25 bits per heavy atom. The van der Waals surface area contributed by atoms with Crippen LogP contribution in [0.1, 0.15) is 19.8 Å². The van der Waals surface area contributed by atoms with Gasteiger partial charge in [0.15, 0.2) is 0 Å². The SMILES string of the molecule is CC1CN(C(=O)N2CCCC2)CC1C(=O)O. The Kier molecular flexibility index (Phi) is 3.03. The summed E-state index contributed by atoms with van der Waals surface area (Å²) in [6.45, 7) is 4.48. The summed E-state index contributed by atoms with van der Waals surface area (Å²) < 4.78 is 0. The molecular weight excluding hydrogens is 208 g/mol. The summed E-state index contributed by atoms with van der Waals surface area (Å²) >= 11 is 0. The molecule has 2 aliphatic heterocycles. The summed E-state index contributed by atoms with van der Waals surface area (Å²) in [4.78, 5) is 26.5. The first-order chi connectivity index (χ1) is 7.59. The molecule has 0 aromatic rings. The van der Waals surface area contributed by atoms with E-state index in [4.69, 9.17) is 5.11 Å². The Hall–Kier alpha value is -1.26. The summed E-state index contributed by atoms with van der Waals surface area (Å²) in [5.41, 5.74) is 0. The van der Waals surface area contributed by atoms with Gasteiger partial charge in [0.25, 0.3) is 0 Å². The van der Waals surface area contributed by atoms with Crippen molar-refractivity contribution in [1.29, 1.82) is 0 Å². The molecule has 5 nitrogen and oxygen atoms in total. The van der Waals surface area contributed by atoms with Crippen molar-refractivity contribution in [2.24, 2.45) is 11.8 Å². The zero-order valence-electron chi connectivity index (χ0n) is 9.56. The van der Waals surface area contributed by atoms with Gasteiger partial charge in [-0.3, -0.25) is 4.79 Å². The van der Waals surface area contributed by atoms with E-state index < -0.39 is 11.9 Å². The monoisotopic (exact) mass is 226 g/mol. The molecule has 0 bridgehead atoms. The van der Waals surface area contributed by atoms with Crippen molar-refractivity contribution >= 4 is 12.0 Å². The molecule has 2 heterocycles. The zero-order chi connectivity index (χ0) is 11.7. The van der Waals surface area contributed by atoms with Crippen LogP contribution in [0.4, 0.5) is 4.79 Å². The Balaban J connectivity index is 1.96. The lowest BCUT2D eigenvalue weighted by molar-refractivity contribution is -0.142. The predicted octanol–water partition coefficient (Wildman–Crippen LogP) is 0.855. The second-order valence-electron chi connectivity index (χ2n) is 4.80. The van der Waals surface area contributed by atoms with Crippen LogP contribution in [0, 0.1) is 11.8 Å². The highest BCUT2D eigenvalue weighted by Gasteiger charge is 2.38. The predicted molar refractivity (Wildman–Crippen MR) is 58.1 cm³/mol. The largest absolute Gasteiger partial charge is 0.481 e. The van der Waals surface area contributed by atoms with Crippen molar-refractivity contribution in [3.63, 3.8) is 0 Å². The van der Waals surface area contributed by atoms with Gasteiger partial charge in [0.05, 0.1) is 5.92 Å². The Morgan fingerprint density at radius 1 is 1.12 bits per heavy atom. The number of carboxylic acid groups (broad SMARTS) is 1. The molecule has 0 aliphatic carbocycles. The molecule has 2 saturated heterocycles. The number of carboxylic acids is 1. The third-order valence-electron chi connectivity index (χ3n) is 3.58. The van der Waals surface area contributed by atoms with E-state index in [9.17, 15) is 9.59 Å². The molecule has 0 radical (unpaired) electrons. The molecule has 2 rings (SSSR count). The first-order valence-corrected chi connectivity index (χ1v) is 5.86. The number of rotatable bonds is 1. The summed E-state index contributed by atoms with van der Waals surface area (Å²) in [5.74, 6) is -1.13. The molecule has 16 heavy (non-hydrogen) atoms. The van der Waals surface area contributed by atoms with Crippen LogP contribution in [0.15, 0.2) is 0 Å². The first kappa shape index (κ1) is 11.2. The molecule has 0 aromatic carbocycles. The van der Waals surface area contributed by atoms with Crippen molar-refractivity contribution in [2.75, 3.05) is 26.2 Å². The van der Waals surface area contributed by atoms with Crippen LogP contribution in [-0.4, -0.2) is 53.1 Å². The molecule has 2 fully saturated rings. The number of likely N-dealkylation sites (tertiary alicyclic amines) is 2. The summed E-state index contributed by atoms with van der Waals surface area (Å²) in [5, 5.41) is 9.00. The molecule has 90 valence electrons. The van der Waals surface area contributed by atoms with E-state index in [1.165, 1.54) is 0 Å². The summed E-state index contributed by atoms with van der Waals surface area (Å²) in [6, 6.07) is 0.0214. The molecule has 0 spiro atoms. The maximum atomic E-state index is 12.0. The van der Waals surface area contributed by atoms with Gasteiger partial charge in [-0.1, -0.05) is 6.92 Å². The van der Waals surface area contributed by atoms with E-state index >= 15 is 0 Å². The molecule has 1 N–H and O–H groups in total. The Labute approximate surface area is 95.0 Å². The third-order valence-corrected chi connectivity index (χ3v) is 3.58. The van der Waals surface area contributed by atoms with Gasteiger partial charge in [0.2, 0.25) is 0 Å². The minimum Gasteiger partial charge on any atom is -0.481 e. The fourth-order valence-electron chi connectivity index (χ4n) is 2.55. The van der Waals surface area contributed by atoms with Gasteiger partial charge in [0.1, 0.15) is 0 Å². The highest BCUT2D eigenvalue weighted by Crippen LogP contribution is 2.25. The second kappa shape index (κ2) is 4.31. The van der Waals surface area contributed by atoms with E-state index in [2.05, 4.69) is 0 Å². The molecule has 0 aromatic heterocycles. The summed E-state index contributed by atoms with van der Waals surface area (Å²) in [7, 11) is 0. The number of carbonyl (C=O) groups excluding carboxylic acids is 1. The number of nitrogens with zero attached hydrogens (tertiary/aromatic N) is 2. The van der Waals surface area contributed by atoms with Crippen LogP contribution in [0.2, 0.25) is 0 Å². The lowest BCUT2D eigenvalue weighted by Crippen LogP contribution is -2.40. The fraction of sp³-hybridized carbons (Fsp3) is 0.818. The number of amides is 2. The molecule has 2 atom stereocenters. The first-order valence-electron chi connectivity index (χ1n) is 5.86. The number of hydrogen-bond donors (Lipinski definition) is 1. The van der Waals surface area contributed by atoms with Crippen LogP contribution in [-0.2, 0) is 4.79 Å². The van der Waals surface area contributed by atoms with E-state index in [0.29, 0.717) is 13.1 Å². The van der Waals surface area contributed by atoms with E-state index in [1.54, 1.807) is 4.90 Å². The quantitative estimate of drug-likeness (QED) is 0.721. The number of hydrogen-bond acceptors (Lipinski definition) is 2. The van der Waals surface area contributed by atoms with Gasteiger partial charge < -0.3 is 14.9 Å². The van der Waals surface area contributed by atoms with Crippen molar-refractivity contribution in [2.45, 2.75) is 19.8 Å². The van der Waals surface area contributed by atoms with Gasteiger partial charge in [-0.25, -0.2) is 4.79 Å². The van der Waals surface area contributed by atoms with Gasteiger partial charge in [0, 0.05) is 26.2 Å². The molecule has 2 amide bonds. The average Bonchev–Trinajstić information content (AvgIpc) is 2.84.